The van der Waals surface area contributed by atoms with E-state index in [1.807, 2.05) is 0 Å². The second kappa shape index (κ2) is 5.33. The third kappa shape index (κ3) is 2.97. The van der Waals surface area contributed by atoms with Crippen molar-refractivity contribution in [2.24, 2.45) is 0 Å². The molecule has 0 bridgehead atoms. The first-order chi connectivity index (χ1) is 8.29. The van der Waals surface area contributed by atoms with Gasteiger partial charge in [-0.1, -0.05) is 0 Å². The highest BCUT2D eigenvalue weighted by molar-refractivity contribution is 7.89. The molecule has 2 N–H and O–H groups in total. The van der Waals surface area contributed by atoms with Crippen LogP contribution in [0.2, 0.25) is 0 Å². The molecule has 0 saturated heterocycles. The van der Waals surface area contributed by atoms with Crippen LogP contribution in [0.3, 0.4) is 0 Å². The molecule has 1 aromatic rings. The van der Waals surface area contributed by atoms with E-state index in [2.05, 4.69) is 0 Å². The van der Waals surface area contributed by atoms with Gasteiger partial charge in [0.05, 0.1) is 11.5 Å². The number of sulfonamides is 1. The lowest BCUT2D eigenvalue weighted by Gasteiger charge is -2.06. The third-order valence-corrected chi connectivity index (χ3v) is 3.37. The fraction of sp³-hybridized carbons (Fsp3) is 0.250. The Labute approximate surface area is 100 Å². The van der Waals surface area contributed by atoms with Crippen molar-refractivity contribution in [2.75, 3.05) is 13.2 Å². The standard InChI is InChI=1S/C8H8F2N2O5S/c9-5-3-6(10)8(4-7(5)12(14)15)18(16,17)11-1-2-13/h3-4,11,13H,1-2H2. The lowest BCUT2D eigenvalue weighted by atomic mass is 10.3. The summed E-state index contributed by atoms with van der Waals surface area (Å²) in [5.74, 6) is -2.93. The summed E-state index contributed by atoms with van der Waals surface area (Å²) in [7, 11) is -4.38. The molecular formula is C8H8F2N2O5S. The van der Waals surface area contributed by atoms with Crippen LogP contribution in [0, 0.1) is 21.7 Å². The zero-order valence-corrected chi connectivity index (χ0v) is 9.58. The number of benzene rings is 1. The Morgan fingerprint density at radius 1 is 1.33 bits per heavy atom. The molecule has 0 aromatic heterocycles. The van der Waals surface area contributed by atoms with Crippen molar-refractivity contribution >= 4 is 15.7 Å². The molecule has 0 aliphatic rings. The summed E-state index contributed by atoms with van der Waals surface area (Å²) in [5, 5.41) is 18.9. The molecule has 10 heteroatoms. The minimum absolute atomic E-state index is 0.117. The van der Waals surface area contributed by atoms with Crippen LogP contribution in [0.25, 0.3) is 0 Å². The van der Waals surface area contributed by atoms with Crippen molar-refractivity contribution in [3.63, 3.8) is 0 Å². The third-order valence-electron chi connectivity index (χ3n) is 1.89. The van der Waals surface area contributed by atoms with Gasteiger partial charge in [-0.3, -0.25) is 10.1 Å². The lowest BCUT2D eigenvalue weighted by molar-refractivity contribution is -0.387. The second-order valence-electron chi connectivity index (χ2n) is 3.11. The fourth-order valence-electron chi connectivity index (χ4n) is 1.12. The number of nitrogens with one attached hydrogen (secondary N) is 1. The monoisotopic (exact) mass is 282 g/mol. The van der Waals surface area contributed by atoms with Gasteiger partial charge in [0.2, 0.25) is 15.8 Å². The van der Waals surface area contributed by atoms with E-state index in [9.17, 15) is 27.3 Å². The summed E-state index contributed by atoms with van der Waals surface area (Å²) in [6, 6.07) is 0.399. The summed E-state index contributed by atoms with van der Waals surface area (Å²) in [4.78, 5) is 8.20. The number of nitro benzene ring substituents is 1. The molecule has 0 amide bonds. The van der Waals surface area contributed by atoms with E-state index in [1.54, 1.807) is 4.72 Å². The highest BCUT2D eigenvalue weighted by Gasteiger charge is 2.25. The normalized spacial score (nSPS) is 11.5. The van der Waals surface area contributed by atoms with Gasteiger partial charge in [-0.2, -0.15) is 4.39 Å². The molecule has 0 radical (unpaired) electrons. The molecule has 0 saturated carbocycles. The first kappa shape index (κ1) is 14.4. The molecule has 100 valence electrons. The van der Waals surface area contributed by atoms with Crippen molar-refractivity contribution in [2.45, 2.75) is 4.90 Å². The topological polar surface area (TPSA) is 110 Å². The Bertz CT molecular complexity index is 575. The maximum Gasteiger partial charge on any atom is 0.306 e. The number of aliphatic hydroxyl groups is 1. The fourth-order valence-corrected chi connectivity index (χ4v) is 2.22. The van der Waals surface area contributed by atoms with Crippen molar-refractivity contribution in [1.82, 2.24) is 4.72 Å². The van der Waals surface area contributed by atoms with Crippen LogP contribution in [-0.2, 0) is 10.0 Å². The van der Waals surface area contributed by atoms with Gasteiger partial charge in [-0.25, -0.2) is 17.5 Å². The minimum Gasteiger partial charge on any atom is -0.395 e. The van der Waals surface area contributed by atoms with Gasteiger partial charge in [0, 0.05) is 18.7 Å². The molecule has 0 spiro atoms. The maximum absolute atomic E-state index is 13.3. The van der Waals surface area contributed by atoms with Gasteiger partial charge < -0.3 is 5.11 Å². The first-order valence-corrected chi connectivity index (χ1v) is 6.02. The second-order valence-corrected chi connectivity index (χ2v) is 4.85. The van der Waals surface area contributed by atoms with Crippen LogP contribution in [-0.4, -0.2) is 31.6 Å². The Balaban J connectivity index is 3.33. The van der Waals surface area contributed by atoms with Crippen LogP contribution in [0.5, 0.6) is 0 Å². The molecule has 0 fully saturated rings. The Hall–Kier alpha value is -1.65. The summed E-state index contributed by atoms with van der Waals surface area (Å²) >= 11 is 0. The molecule has 0 aliphatic heterocycles. The van der Waals surface area contributed by atoms with Gasteiger partial charge >= 0.3 is 5.69 Å². The molecular weight excluding hydrogens is 274 g/mol. The number of hydrogen-bond acceptors (Lipinski definition) is 5. The largest absolute Gasteiger partial charge is 0.395 e. The Kier molecular flexibility index (Phi) is 4.27. The number of nitrogens with zero attached hydrogens (tertiary/aromatic N) is 1. The summed E-state index contributed by atoms with van der Waals surface area (Å²) < 4.78 is 51.0. The van der Waals surface area contributed by atoms with Crippen molar-refractivity contribution < 1.29 is 27.2 Å². The molecule has 1 rings (SSSR count). The SMILES string of the molecule is O=[N+]([O-])c1cc(S(=O)(=O)NCCO)c(F)cc1F. The number of halogens is 2. The van der Waals surface area contributed by atoms with Gasteiger partial charge in [0.15, 0.2) is 0 Å². The van der Waals surface area contributed by atoms with E-state index < -0.39 is 50.3 Å². The number of rotatable bonds is 5. The van der Waals surface area contributed by atoms with E-state index in [0.29, 0.717) is 0 Å². The maximum atomic E-state index is 13.3. The van der Waals surface area contributed by atoms with Crippen LogP contribution in [0.15, 0.2) is 17.0 Å². The Morgan fingerprint density at radius 2 is 1.94 bits per heavy atom. The molecule has 1 aromatic carbocycles. The molecule has 0 heterocycles. The quantitative estimate of drug-likeness (QED) is 0.590. The zero-order valence-electron chi connectivity index (χ0n) is 8.76. The Morgan fingerprint density at radius 3 is 2.44 bits per heavy atom. The molecule has 18 heavy (non-hydrogen) atoms. The highest BCUT2D eigenvalue weighted by Crippen LogP contribution is 2.24. The lowest BCUT2D eigenvalue weighted by Crippen LogP contribution is -2.27. The molecule has 0 atom stereocenters. The first-order valence-electron chi connectivity index (χ1n) is 4.53. The summed E-state index contributed by atoms with van der Waals surface area (Å²) in [5.41, 5.74) is -1.15. The average molecular weight is 282 g/mol. The molecule has 0 unspecified atom stereocenters. The van der Waals surface area contributed by atoms with E-state index in [1.165, 1.54) is 0 Å². The van der Waals surface area contributed by atoms with Crippen molar-refractivity contribution in [3.8, 4) is 0 Å². The predicted molar refractivity (Wildman–Crippen MR) is 55.3 cm³/mol. The van der Waals surface area contributed by atoms with E-state index in [0.717, 1.165) is 0 Å². The van der Waals surface area contributed by atoms with Crippen molar-refractivity contribution in [1.29, 1.82) is 0 Å². The van der Waals surface area contributed by atoms with Crippen LogP contribution in [0.4, 0.5) is 14.5 Å². The van der Waals surface area contributed by atoms with Gasteiger partial charge in [0.1, 0.15) is 10.7 Å². The molecule has 7 nitrogen and oxygen atoms in total. The van der Waals surface area contributed by atoms with Crippen molar-refractivity contribution in [3.05, 3.63) is 33.9 Å². The van der Waals surface area contributed by atoms with Gasteiger partial charge in [-0.05, 0) is 0 Å². The average Bonchev–Trinajstić information content (AvgIpc) is 2.25. The highest BCUT2D eigenvalue weighted by atomic mass is 32.2. The van der Waals surface area contributed by atoms with Gasteiger partial charge in [0.25, 0.3) is 0 Å². The van der Waals surface area contributed by atoms with E-state index >= 15 is 0 Å². The number of hydrogen-bond donors (Lipinski definition) is 2. The van der Waals surface area contributed by atoms with Crippen LogP contribution >= 0.6 is 0 Å². The van der Waals surface area contributed by atoms with E-state index in [-0.39, 0.29) is 12.1 Å². The number of aliphatic hydroxyl groups excluding tert-OH is 1. The smallest absolute Gasteiger partial charge is 0.306 e. The predicted octanol–water partition coefficient (Wildman–Crippen LogP) is 0.144. The minimum atomic E-state index is -4.38. The number of nitro groups is 1. The summed E-state index contributed by atoms with van der Waals surface area (Å²) in [6.07, 6.45) is 0. The summed E-state index contributed by atoms with van der Waals surface area (Å²) in [6.45, 7) is -0.933. The zero-order chi connectivity index (χ0) is 13.9. The van der Waals surface area contributed by atoms with Crippen LogP contribution in [0.1, 0.15) is 0 Å². The van der Waals surface area contributed by atoms with E-state index in [4.69, 9.17) is 5.11 Å². The van der Waals surface area contributed by atoms with Gasteiger partial charge in [-0.15, -0.1) is 0 Å². The van der Waals surface area contributed by atoms with Crippen LogP contribution < -0.4 is 4.72 Å². The molecule has 0 aliphatic carbocycles.